The second-order valence-corrected chi connectivity index (χ2v) is 6.22. The number of hydrogen-bond donors (Lipinski definition) is 7. The molecule has 0 bridgehead atoms. The van der Waals surface area contributed by atoms with Crippen molar-refractivity contribution in [1.82, 2.24) is 5.32 Å². The molecule has 0 spiro atoms. The zero-order chi connectivity index (χ0) is 22.7. The van der Waals surface area contributed by atoms with Crippen LogP contribution in [0.15, 0.2) is 42.5 Å². The number of nitrogens with two attached hydrogens (primary N) is 1. The maximum atomic E-state index is 12.3. The molecular formula is C19H23BN2O8. The van der Waals surface area contributed by atoms with Gasteiger partial charge in [0.15, 0.2) is 0 Å². The minimum absolute atomic E-state index is 0.0121. The molecule has 0 unspecified atom stereocenters. The molecule has 0 radical (unpaired) electrons. The van der Waals surface area contributed by atoms with Gasteiger partial charge in [0.2, 0.25) is 5.91 Å². The maximum Gasteiger partial charge on any atom is 0.475 e. The minimum atomic E-state index is -1.89. The molecule has 0 heterocycles. The van der Waals surface area contributed by atoms with Crippen molar-refractivity contribution < 1.29 is 39.8 Å². The molecule has 2 aromatic carbocycles. The first kappa shape index (κ1) is 24.6. The van der Waals surface area contributed by atoms with Gasteiger partial charge in [0.25, 0.3) is 6.47 Å². The van der Waals surface area contributed by atoms with Gasteiger partial charge in [0, 0.05) is 6.54 Å². The molecule has 0 fully saturated rings. The van der Waals surface area contributed by atoms with Gasteiger partial charge in [-0.3, -0.25) is 9.59 Å². The van der Waals surface area contributed by atoms with Gasteiger partial charge in [0.05, 0.1) is 12.4 Å². The second kappa shape index (κ2) is 12.2. The van der Waals surface area contributed by atoms with Gasteiger partial charge >= 0.3 is 13.1 Å². The summed E-state index contributed by atoms with van der Waals surface area (Å²) in [5, 5.41) is 47.6. The summed E-state index contributed by atoms with van der Waals surface area (Å²) in [6.45, 7) is 0.0899. The Morgan fingerprint density at radius 1 is 1.13 bits per heavy atom. The van der Waals surface area contributed by atoms with Crippen molar-refractivity contribution in [2.45, 2.75) is 25.3 Å². The fourth-order valence-corrected chi connectivity index (χ4v) is 2.71. The van der Waals surface area contributed by atoms with Crippen LogP contribution in [0.5, 0.6) is 5.75 Å². The quantitative estimate of drug-likeness (QED) is 0.219. The third kappa shape index (κ3) is 7.55. The van der Waals surface area contributed by atoms with E-state index in [0.29, 0.717) is 6.54 Å². The molecule has 0 saturated heterocycles. The van der Waals surface area contributed by atoms with E-state index in [1.165, 1.54) is 18.2 Å². The summed E-state index contributed by atoms with van der Waals surface area (Å²) in [5.74, 6) is -3.35. The molecule has 160 valence electrons. The first-order valence-corrected chi connectivity index (χ1v) is 8.78. The van der Waals surface area contributed by atoms with E-state index in [1.54, 1.807) is 18.2 Å². The lowest BCUT2D eigenvalue weighted by Gasteiger charge is -2.19. The van der Waals surface area contributed by atoms with E-state index in [1.807, 2.05) is 6.07 Å². The Morgan fingerprint density at radius 3 is 2.30 bits per heavy atom. The van der Waals surface area contributed by atoms with E-state index < -0.39 is 30.7 Å². The summed E-state index contributed by atoms with van der Waals surface area (Å²) in [4.78, 5) is 31.7. The monoisotopic (exact) mass is 418 g/mol. The lowest BCUT2D eigenvalue weighted by Crippen LogP contribution is -2.48. The van der Waals surface area contributed by atoms with Crippen LogP contribution < -0.4 is 11.1 Å². The molecular weight excluding hydrogens is 395 g/mol. The molecule has 8 N–H and O–H groups in total. The number of nitrogens with one attached hydrogen (secondary N) is 1. The van der Waals surface area contributed by atoms with Gasteiger partial charge in [-0.25, -0.2) is 4.79 Å². The Hall–Kier alpha value is -3.41. The van der Waals surface area contributed by atoms with Crippen molar-refractivity contribution in [2.75, 3.05) is 0 Å². The summed E-state index contributed by atoms with van der Waals surface area (Å²) in [5.41, 5.74) is 7.04. The Kier molecular flexibility index (Phi) is 10.0. The number of phenols is 1. The van der Waals surface area contributed by atoms with Crippen molar-refractivity contribution >= 4 is 25.5 Å². The molecule has 0 aliphatic rings. The van der Waals surface area contributed by atoms with Crippen LogP contribution in [0, 0.1) is 0 Å². The lowest BCUT2D eigenvalue weighted by molar-refractivity contribution is -0.123. The molecule has 11 heteroatoms. The number of rotatable bonds is 8. The number of para-hydroxylation sites is 1. The van der Waals surface area contributed by atoms with Crippen LogP contribution in [-0.4, -0.2) is 56.8 Å². The molecule has 2 aromatic rings. The average Bonchev–Trinajstić information content (AvgIpc) is 2.69. The Labute approximate surface area is 172 Å². The predicted molar refractivity (Wildman–Crippen MR) is 108 cm³/mol. The highest BCUT2D eigenvalue weighted by atomic mass is 16.4. The maximum absolute atomic E-state index is 12.3. The van der Waals surface area contributed by atoms with Crippen molar-refractivity contribution in [2.24, 2.45) is 5.73 Å². The number of benzene rings is 2. The van der Waals surface area contributed by atoms with Gasteiger partial charge in [-0.2, -0.15) is 0 Å². The number of carboxylic acid groups (broad SMARTS) is 2. The largest absolute Gasteiger partial charge is 0.507 e. The van der Waals surface area contributed by atoms with E-state index in [9.17, 15) is 24.7 Å². The van der Waals surface area contributed by atoms with Crippen LogP contribution in [0.25, 0.3) is 0 Å². The molecule has 30 heavy (non-hydrogen) atoms. The zero-order valence-corrected chi connectivity index (χ0v) is 15.9. The first-order chi connectivity index (χ1) is 14.2. The second-order valence-electron chi connectivity index (χ2n) is 6.22. The Morgan fingerprint density at radius 2 is 1.73 bits per heavy atom. The number of hydrogen-bond acceptors (Lipinski definition) is 7. The van der Waals surface area contributed by atoms with Gasteiger partial charge in [-0.15, -0.1) is 0 Å². The smallest absolute Gasteiger partial charge is 0.475 e. The number of aromatic hydroxyl groups is 1. The molecule has 2 rings (SSSR count). The Balaban J connectivity index is 0.00000141. The van der Waals surface area contributed by atoms with Crippen molar-refractivity contribution in [1.29, 1.82) is 0 Å². The van der Waals surface area contributed by atoms with Crippen molar-refractivity contribution in [3.8, 4) is 5.75 Å². The van der Waals surface area contributed by atoms with Gasteiger partial charge < -0.3 is 36.4 Å². The standard InChI is InChI=1S/C18H21BN2O6.CH2O2/c20-10-12-4-1-3-11(7-12)8-16(22)21-15(19(26)27)9-13-5-2-6-14(17(13)23)18(24)25;2-1-3/h1-7,15,23,26-27H,8-10,20H2,(H,21,22)(H,24,25);1H,(H,2,3)/t15-;/m0./s1. The van der Waals surface area contributed by atoms with Crippen LogP contribution >= 0.6 is 0 Å². The third-order valence-electron chi connectivity index (χ3n) is 4.09. The highest BCUT2D eigenvalue weighted by molar-refractivity contribution is 6.43. The highest BCUT2D eigenvalue weighted by Gasteiger charge is 2.27. The van der Waals surface area contributed by atoms with E-state index in [0.717, 1.165) is 11.1 Å². The highest BCUT2D eigenvalue weighted by Crippen LogP contribution is 2.24. The normalized spacial score (nSPS) is 10.9. The SMILES string of the molecule is NCc1cccc(CC(=O)N[C@@H](Cc2cccc(C(=O)O)c2O)B(O)O)c1.O=CO. The molecule has 10 nitrogen and oxygen atoms in total. The van der Waals surface area contributed by atoms with Gasteiger partial charge in [-0.05, 0) is 29.2 Å². The van der Waals surface area contributed by atoms with Crippen molar-refractivity contribution in [3.63, 3.8) is 0 Å². The van der Waals surface area contributed by atoms with Crippen LogP contribution in [0.3, 0.4) is 0 Å². The predicted octanol–water partition coefficient (Wildman–Crippen LogP) is -0.468. The Bertz CT molecular complexity index is 875. The summed E-state index contributed by atoms with van der Waals surface area (Å²) >= 11 is 0. The van der Waals surface area contributed by atoms with Crippen LogP contribution in [-0.2, 0) is 29.0 Å². The number of carbonyl (C=O) groups excluding carboxylic acids is 1. The minimum Gasteiger partial charge on any atom is -0.507 e. The summed E-state index contributed by atoms with van der Waals surface area (Å²) in [6.07, 6.45) is -0.141. The molecule has 0 saturated carbocycles. The van der Waals surface area contributed by atoms with Crippen molar-refractivity contribution in [3.05, 3.63) is 64.7 Å². The van der Waals surface area contributed by atoms with E-state index >= 15 is 0 Å². The molecule has 1 atom stereocenters. The number of carboxylic acids is 1. The van der Waals surface area contributed by atoms with E-state index in [2.05, 4.69) is 5.32 Å². The summed E-state index contributed by atoms with van der Waals surface area (Å²) in [6, 6.07) is 11.3. The lowest BCUT2D eigenvalue weighted by atomic mass is 9.75. The van der Waals surface area contributed by atoms with Gasteiger partial charge in [-0.1, -0.05) is 36.4 Å². The topological polar surface area (TPSA) is 190 Å². The third-order valence-corrected chi connectivity index (χ3v) is 4.09. The molecule has 0 aliphatic heterocycles. The van der Waals surface area contributed by atoms with E-state index in [-0.39, 0.29) is 30.4 Å². The molecule has 1 amide bonds. The average molecular weight is 418 g/mol. The number of carbonyl (C=O) groups is 3. The van der Waals surface area contributed by atoms with Crippen LogP contribution in [0.2, 0.25) is 0 Å². The van der Waals surface area contributed by atoms with Gasteiger partial charge in [0.1, 0.15) is 11.3 Å². The van der Waals surface area contributed by atoms with E-state index in [4.69, 9.17) is 20.7 Å². The zero-order valence-electron chi connectivity index (χ0n) is 15.9. The molecule has 0 aliphatic carbocycles. The van der Waals surface area contributed by atoms with Crippen LogP contribution in [0.4, 0.5) is 0 Å². The fourth-order valence-electron chi connectivity index (χ4n) is 2.71. The summed E-state index contributed by atoms with van der Waals surface area (Å²) < 4.78 is 0. The first-order valence-electron chi connectivity index (χ1n) is 8.78. The molecule has 0 aromatic heterocycles. The summed E-state index contributed by atoms with van der Waals surface area (Å²) in [7, 11) is -1.89. The number of amides is 1. The number of aromatic carboxylic acids is 1. The fraction of sp³-hybridized carbons (Fsp3) is 0.211. The van der Waals surface area contributed by atoms with Crippen LogP contribution in [0.1, 0.15) is 27.0 Å².